The fourth-order valence-corrected chi connectivity index (χ4v) is 3.05. The average molecular weight is 414 g/mol. The normalized spacial score (nSPS) is 11.0. The van der Waals surface area contributed by atoms with E-state index in [0.717, 1.165) is 0 Å². The van der Waals surface area contributed by atoms with Crippen LogP contribution in [-0.2, 0) is 7.05 Å². The molecule has 10 heteroatoms. The molecule has 0 spiro atoms. The van der Waals surface area contributed by atoms with Crippen LogP contribution in [0.5, 0.6) is 11.6 Å². The summed E-state index contributed by atoms with van der Waals surface area (Å²) in [5.74, 6) is 1.37. The highest BCUT2D eigenvalue weighted by Gasteiger charge is 2.17. The summed E-state index contributed by atoms with van der Waals surface area (Å²) >= 11 is 0. The second-order valence-corrected chi connectivity index (χ2v) is 6.61. The molecule has 0 bridgehead atoms. The van der Waals surface area contributed by atoms with Crippen LogP contribution in [0.15, 0.2) is 75.0 Å². The van der Waals surface area contributed by atoms with Gasteiger partial charge in [-0.05, 0) is 30.3 Å². The topological polar surface area (TPSA) is 129 Å². The van der Waals surface area contributed by atoms with Crippen molar-refractivity contribution in [2.45, 2.75) is 0 Å². The Morgan fingerprint density at radius 3 is 2.74 bits per heavy atom. The summed E-state index contributed by atoms with van der Waals surface area (Å²) in [6, 6.07) is 14.3. The van der Waals surface area contributed by atoms with E-state index in [4.69, 9.17) is 9.26 Å². The number of rotatable bonds is 4. The molecule has 0 saturated carbocycles. The second-order valence-electron chi connectivity index (χ2n) is 6.61. The number of fused-ring (bicyclic) bond motifs is 1. The molecule has 1 aromatic carbocycles. The fraction of sp³-hybridized carbons (Fsp3) is 0.0476. The Morgan fingerprint density at radius 2 is 1.90 bits per heavy atom. The minimum Gasteiger partial charge on any atom is -0.438 e. The van der Waals surface area contributed by atoms with Gasteiger partial charge in [-0.15, -0.1) is 0 Å². The van der Waals surface area contributed by atoms with Crippen LogP contribution in [0.25, 0.3) is 33.9 Å². The molecule has 0 atom stereocenters. The molecule has 0 radical (unpaired) electrons. The lowest BCUT2D eigenvalue weighted by Gasteiger charge is -2.07. The molecule has 5 rings (SSSR count). The van der Waals surface area contributed by atoms with Gasteiger partial charge in [-0.1, -0.05) is 23.4 Å². The maximum atomic E-state index is 12.2. The van der Waals surface area contributed by atoms with Gasteiger partial charge in [-0.2, -0.15) is 4.98 Å². The van der Waals surface area contributed by atoms with Gasteiger partial charge in [0.2, 0.25) is 11.7 Å². The van der Waals surface area contributed by atoms with Gasteiger partial charge in [0.25, 0.3) is 11.4 Å². The molecule has 10 nitrogen and oxygen atoms in total. The van der Waals surface area contributed by atoms with Crippen LogP contribution in [0.2, 0.25) is 0 Å². The number of pyridine rings is 2. The third kappa shape index (κ3) is 3.35. The summed E-state index contributed by atoms with van der Waals surface area (Å²) in [6.07, 6.45) is 3.07. The zero-order chi connectivity index (χ0) is 21.4. The summed E-state index contributed by atoms with van der Waals surface area (Å²) < 4.78 is 12.5. The molecule has 0 aliphatic rings. The van der Waals surface area contributed by atoms with Crippen molar-refractivity contribution in [3.05, 3.63) is 81.8 Å². The summed E-state index contributed by atoms with van der Waals surface area (Å²) in [4.78, 5) is 39.1. The van der Waals surface area contributed by atoms with Crippen molar-refractivity contribution in [3.8, 4) is 34.5 Å². The van der Waals surface area contributed by atoms with Crippen LogP contribution in [0.3, 0.4) is 0 Å². The lowest BCUT2D eigenvalue weighted by molar-refractivity contribution is 0.430. The number of nitrogens with zero attached hydrogens (tertiary/aromatic N) is 5. The van der Waals surface area contributed by atoms with Crippen molar-refractivity contribution >= 4 is 11.0 Å². The maximum absolute atomic E-state index is 12.2. The maximum Gasteiger partial charge on any atom is 0.329 e. The Balaban J connectivity index is 1.54. The molecule has 0 fully saturated rings. The Bertz CT molecular complexity index is 1520. The van der Waals surface area contributed by atoms with Crippen molar-refractivity contribution in [1.29, 1.82) is 0 Å². The van der Waals surface area contributed by atoms with Gasteiger partial charge in [0.05, 0.1) is 16.5 Å². The molecule has 0 aliphatic heterocycles. The van der Waals surface area contributed by atoms with Gasteiger partial charge in [-0.25, -0.2) is 14.8 Å². The Morgan fingerprint density at radius 1 is 1.06 bits per heavy atom. The van der Waals surface area contributed by atoms with Gasteiger partial charge < -0.3 is 9.26 Å². The van der Waals surface area contributed by atoms with Crippen LogP contribution < -0.4 is 16.0 Å². The molecular formula is C21H14N6O4. The molecular weight excluding hydrogens is 400 g/mol. The van der Waals surface area contributed by atoms with Crippen LogP contribution in [-0.4, -0.2) is 29.7 Å². The standard InChI is InChI=1S/C21H14N6O4/c1-27-17-15(18(28)25-21(27)29)10-12(11-23-17)19-24-16(26-31-19)14-8-5-9-22-20(14)30-13-6-3-2-4-7-13/h2-11H,1H3,(H,25,28,29). The van der Waals surface area contributed by atoms with Gasteiger partial charge in [0.15, 0.2) is 0 Å². The van der Waals surface area contributed by atoms with Crippen molar-refractivity contribution in [1.82, 2.24) is 29.7 Å². The smallest absolute Gasteiger partial charge is 0.329 e. The highest BCUT2D eigenvalue weighted by Crippen LogP contribution is 2.31. The number of nitrogens with one attached hydrogen (secondary N) is 1. The van der Waals surface area contributed by atoms with Crippen molar-refractivity contribution in [2.24, 2.45) is 7.05 Å². The summed E-state index contributed by atoms with van der Waals surface area (Å²) in [5, 5.41) is 4.25. The summed E-state index contributed by atoms with van der Waals surface area (Å²) in [5.41, 5.74) is 0.140. The quantitative estimate of drug-likeness (QED) is 0.475. The zero-order valence-electron chi connectivity index (χ0n) is 16.1. The van der Waals surface area contributed by atoms with E-state index in [0.29, 0.717) is 22.8 Å². The Labute approximate surface area is 173 Å². The third-order valence-corrected chi connectivity index (χ3v) is 4.60. The van der Waals surface area contributed by atoms with E-state index in [1.54, 1.807) is 24.4 Å². The van der Waals surface area contributed by atoms with E-state index in [1.807, 2.05) is 30.3 Å². The van der Waals surface area contributed by atoms with Crippen LogP contribution in [0.4, 0.5) is 0 Å². The minimum atomic E-state index is -0.544. The molecule has 31 heavy (non-hydrogen) atoms. The van der Waals surface area contributed by atoms with Crippen LogP contribution >= 0.6 is 0 Å². The first-order chi connectivity index (χ1) is 15.1. The number of hydrogen-bond acceptors (Lipinski definition) is 8. The molecule has 5 aromatic rings. The van der Waals surface area contributed by atoms with E-state index in [9.17, 15) is 9.59 Å². The van der Waals surface area contributed by atoms with E-state index in [1.165, 1.54) is 17.8 Å². The first-order valence-corrected chi connectivity index (χ1v) is 9.21. The Kier molecular flexibility index (Phi) is 4.36. The highest BCUT2D eigenvalue weighted by atomic mass is 16.5. The number of hydrogen-bond donors (Lipinski definition) is 1. The summed E-state index contributed by atoms with van der Waals surface area (Å²) in [6.45, 7) is 0. The van der Waals surface area contributed by atoms with E-state index in [2.05, 4.69) is 25.1 Å². The molecule has 0 aliphatic carbocycles. The number of aromatic nitrogens is 6. The number of benzene rings is 1. The average Bonchev–Trinajstić information content (AvgIpc) is 3.28. The third-order valence-electron chi connectivity index (χ3n) is 4.60. The van der Waals surface area contributed by atoms with Crippen molar-refractivity contribution < 1.29 is 9.26 Å². The number of ether oxygens (including phenoxy) is 1. The van der Waals surface area contributed by atoms with E-state index >= 15 is 0 Å². The highest BCUT2D eigenvalue weighted by molar-refractivity contribution is 5.78. The van der Waals surface area contributed by atoms with Crippen LogP contribution in [0.1, 0.15) is 0 Å². The van der Waals surface area contributed by atoms with Gasteiger partial charge in [0, 0.05) is 19.4 Å². The SMILES string of the molecule is Cn1c(=O)[nH]c(=O)c2cc(-c3nc(-c4cccnc4Oc4ccccc4)no3)cnc21. The van der Waals surface area contributed by atoms with Crippen molar-refractivity contribution in [3.63, 3.8) is 0 Å². The molecule has 4 heterocycles. The molecule has 0 saturated heterocycles. The lowest BCUT2D eigenvalue weighted by atomic mass is 10.2. The number of aryl methyl sites for hydroxylation is 1. The fourth-order valence-electron chi connectivity index (χ4n) is 3.05. The van der Waals surface area contributed by atoms with Gasteiger partial charge in [0.1, 0.15) is 11.4 Å². The molecule has 0 amide bonds. The number of H-pyrrole nitrogens is 1. The second kappa shape index (κ2) is 7.34. The predicted octanol–water partition coefficient (Wildman–Crippen LogP) is 2.53. The monoisotopic (exact) mass is 414 g/mol. The van der Waals surface area contributed by atoms with Crippen molar-refractivity contribution in [2.75, 3.05) is 0 Å². The van der Waals surface area contributed by atoms with Gasteiger partial charge in [-0.3, -0.25) is 14.3 Å². The summed E-state index contributed by atoms with van der Waals surface area (Å²) in [7, 11) is 1.52. The largest absolute Gasteiger partial charge is 0.438 e. The number of para-hydroxylation sites is 1. The van der Waals surface area contributed by atoms with Gasteiger partial charge >= 0.3 is 5.69 Å². The molecule has 0 unspecified atom stereocenters. The minimum absolute atomic E-state index is 0.159. The van der Waals surface area contributed by atoms with E-state index in [-0.39, 0.29) is 22.7 Å². The molecule has 4 aromatic heterocycles. The zero-order valence-corrected chi connectivity index (χ0v) is 16.1. The lowest BCUT2D eigenvalue weighted by Crippen LogP contribution is -2.28. The van der Waals surface area contributed by atoms with E-state index < -0.39 is 11.2 Å². The first-order valence-electron chi connectivity index (χ1n) is 9.21. The Hall–Kier alpha value is -4.60. The predicted molar refractivity (Wildman–Crippen MR) is 111 cm³/mol. The number of aromatic amines is 1. The van der Waals surface area contributed by atoms with Crippen LogP contribution in [0, 0.1) is 0 Å². The molecule has 152 valence electrons. The first kappa shape index (κ1) is 18.4. The molecule has 1 N–H and O–H groups in total.